The van der Waals surface area contributed by atoms with E-state index in [1.165, 1.54) is 9.80 Å². The first-order chi connectivity index (χ1) is 9.69. The summed E-state index contributed by atoms with van der Waals surface area (Å²) in [6.45, 7) is 4.50. The summed E-state index contributed by atoms with van der Waals surface area (Å²) in [7, 11) is 0. The molecule has 0 N–H and O–H groups in total. The molecule has 1 unspecified atom stereocenters. The van der Waals surface area contributed by atoms with E-state index in [1.54, 1.807) is 13.0 Å². The largest absolute Gasteiger partial charge is 0.354 e. The van der Waals surface area contributed by atoms with Gasteiger partial charge >= 0.3 is 6.03 Å². The minimum absolute atomic E-state index is 0.253. The molecular formula is C15H16N2O3. The van der Waals surface area contributed by atoms with Gasteiger partial charge in [0.1, 0.15) is 5.70 Å². The smallest absolute Gasteiger partial charge is 0.334 e. The van der Waals surface area contributed by atoms with Crippen LogP contribution in [0, 0.1) is 0 Å². The van der Waals surface area contributed by atoms with Gasteiger partial charge in [0.25, 0.3) is 5.91 Å². The predicted molar refractivity (Wildman–Crippen MR) is 73.4 cm³/mol. The molecule has 2 heterocycles. The molecule has 2 aliphatic heterocycles. The third-order valence-corrected chi connectivity index (χ3v) is 3.59. The van der Waals surface area contributed by atoms with Gasteiger partial charge in [0, 0.05) is 18.7 Å². The van der Waals surface area contributed by atoms with Crippen LogP contribution in [-0.2, 0) is 9.53 Å². The molecule has 3 rings (SSSR count). The highest BCUT2D eigenvalue weighted by Crippen LogP contribution is 2.39. The molecule has 3 amide bonds. The summed E-state index contributed by atoms with van der Waals surface area (Å²) >= 11 is 0. The zero-order valence-electron chi connectivity index (χ0n) is 11.5. The molecule has 1 aromatic carbocycles. The first-order valence-electron chi connectivity index (χ1n) is 6.76. The van der Waals surface area contributed by atoms with Crippen LogP contribution in [0.25, 0.3) is 6.08 Å². The summed E-state index contributed by atoms with van der Waals surface area (Å²) in [6.07, 6.45) is 1.24. The second-order valence-electron chi connectivity index (χ2n) is 4.67. The minimum Gasteiger partial charge on any atom is -0.354 e. The van der Waals surface area contributed by atoms with Crippen LogP contribution in [-0.4, -0.2) is 34.9 Å². The number of hydrogen-bond donors (Lipinski definition) is 0. The van der Waals surface area contributed by atoms with Crippen LogP contribution < -0.4 is 0 Å². The summed E-state index contributed by atoms with van der Waals surface area (Å²) in [5.41, 5.74) is 2.24. The predicted octanol–water partition coefficient (Wildman–Crippen LogP) is 2.36. The van der Waals surface area contributed by atoms with Gasteiger partial charge in [0.15, 0.2) is 6.23 Å². The van der Waals surface area contributed by atoms with Crippen LogP contribution >= 0.6 is 0 Å². The Labute approximate surface area is 117 Å². The molecule has 104 valence electrons. The summed E-state index contributed by atoms with van der Waals surface area (Å²) in [4.78, 5) is 27.4. The van der Waals surface area contributed by atoms with Crippen molar-refractivity contribution in [2.45, 2.75) is 20.1 Å². The number of ether oxygens (including phenoxy) is 1. The lowest BCUT2D eigenvalue weighted by molar-refractivity contribution is -0.123. The van der Waals surface area contributed by atoms with E-state index < -0.39 is 6.23 Å². The fraction of sp³-hybridized carbons (Fsp3) is 0.333. The highest BCUT2D eigenvalue weighted by molar-refractivity contribution is 6.14. The third kappa shape index (κ3) is 1.67. The molecular weight excluding hydrogens is 256 g/mol. The quantitative estimate of drug-likeness (QED) is 0.794. The number of carbonyl (C=O) groups is 2. The van der Waals surface area contributed by atoms with Crippen LogP contribution in [0.15, 0.2) is 30.0 Å². The van der Waals surface area contributed by atoms with E-state index in [2.05, 4.69) is 0 Å². The van der Waals surface area contributed by atoms with E-state index in [0.717, 1.165) is 11.1 Å². The molecule has 0 bridgehead atoms. The van der Waals surface area contributed by atoms with Gasteiger partial charge in [0.2, 0.25) is 0 Å². The Balaban J connectivity index is 2.14. The van der Waals surface area contributed by atoms with Crippen molar-refractivity contribution in [3.63, 3.8) is 0 Å². The molecule has 0 aliphatic carbocycles. The van der Waals surface area contributed by atoms with Gasteiger partial charge in [-0.15, -0.1) is 0 Å². The van der Waals surface area contributed by atoms with Gasteiger partial charge in [-0.3, -0.25) is 14.6 Å². The van der Waals surface area contributed by atoms with Crippen LogP contribution in [0.3, 0.4) is 0 Å². The van der Waals surface area contributed by atoms with Crippen molar-refractivity contribution < 1.29 is 14.3 Å². The Morgan fingerprint density at radius 2 is 1.95 bits per heavy atom. The van der Waals surface area contributed by atoms with Gasteiger partial charge in [-0.2, -0.15) is 0 Å². The molecule has 1 fully saturated rings. The summed E-state index contributed by atoms with van der Waals surface area (Å²) in [5.74, 6) is -0.253. The highest BCUT2D eigenvalue weighted by Gasteiger charge is 2.46. The molecule has 1 aromatic rings. The van der Waals surface area contributed by atoms with Crippen molar-refractivity contribution in [1.29, 1.82) is 0 Å². The molecule has 1 saturated heterocycles. The molecule has 5 nitrogen and oxygen atoms in total. The van der Waals surface area contributed by atoms with E-state index in [0.29, 0.717) is 18.8 Å². The zero-order valence-corrected chi connectivity index (χ0v) is 11.5. The Morgan fingerprint density at radius 3 is 2.65 bits per heavy atom. The molecule has 0 saturated carbocycles. The van der Waals surface area contributed by atoms with Crippen molar-refractivity contribution in [3.8, 4) is 0 Å². The van der Waals surface area contributed by atoms with E-state index in [4.69, 9.17) is 4.74 Å². The number of likely N-dealkylation sites (N-methyl/N-ethyl adjacent to an activating group) is 1. The van der Waals surface area contributed by atoms with Crippen molar-refractivity contribution in [1.82, 2.24) is 9.80 Å². The Bertz CT molecular complexity index is 609. The topological polar surface area (TPSA) is 49.9 Å². The molecule has 0 spiro atoms. The number of urea groups is 1. The summed E-state index contributed by atoms with van der Waals surface area (Å²) < 4.78 is 5.72. The van der Waals surface area contributed by atoms with E-state index in [1.807, 2.05) is 31.2 Å². The monoisotopic (exact) mass is 272 g/mol. The number of fused-ring (bicyclic) bond motifs is 2. The van der Waals surface area contributed by atoms with E-state index in [-0.39, 0.29) is 11.9 Å². The number of imide groups is 1. The average molecular weight is 272 g/mol. The summed E-state index contributed by atoms with van der Waals surface area (Å²) in [6, 6.07) is 7.36. The van der Waals surface area contributed by atoms with Gasteiger partial charge in [-0.05, 0) is 25.5 Å². The number of carbonyl (C=O) groups excluding carboxylic acids is 2. The lowest BCUT2D eigenvalue weighted by atomic mass is 10.0. The van der Waals surface area contributed by atoms with E-state index in [9.17, 15) is 9.59 Å². The molecule has 0 aromatic heterocycles. The van der Waals surface area contributed by atoms with E-state index >= 15 is 0 Å². The first kappa shape index (κ1) is 12.9. The lowest BCUT2D eigenvalue weighted by Crippen LogP contribution is -2.36. The Kier molecular flexibility index (Phi) is 3.06. The highest BCUT2D eigenvalue weighted by atomic mass is 16.5. The maximum Gasteiger partial charge on any atom is 0.334 e. The van der Waals surface area contributed by atoms with Crippen LogP contribution in [0.2, 0.25) is 0 Å². The molecule has 5 heteroatoms. The van der Waals surface area contributed by atoms with Crippen molar-refractivity contribution >= 4 is 18.0 Å². The average Bonchev–Trinajstić information content (AvgIpc) is 2.70. The standard InChI is InChI=1S/C15H16N2O3/c1-3-16-13(18)12-9-10-7-5-6-8-11(10)14(20-4-2)17(12)15(16)19/h5-9,14H,3-4H2,1-2H3. The Morgan fingerprint density at radius 1 is 1.20 bits per heavy atom. The van der Waals surface area contributed by atoms with Gasteiger partial charge in [0.05, 0.1) is 0 Å². The number of benzene rings is 1. The lowest BCUT2D eigenvalue weighted by Gasteiger charge is -2.31. The molecule has 0 radical (unpaired) electrons. The summed E-state index contributed by atoms with van der Waals surface area (Å²) in [5, 5.41) is 0. The first-order valence-corrected chi connectivity index (χ1v) is 6.76. The number of rotatable bonds is 3. The maximum atomic E-state index is 12.4. The molecule has 2 aliphatic rings. The number of amides is 3. The fourth-order valence-electron chi connectivity index (χ4n) is 2.67. The van der Waals surface area contributed by atoms with Crippen LogP contribution in [0.5, 0.6) is 0 Å². The second-order valence-corrected chi connectivity index (χ2v) is 4.67. The van der Waals surface area contributed by atoms with Crippen molar-refractivity contribution in [2.24, 2.45) is 0 Å². The minimum atomic E-state index is -0.524. The van der Waals surface area contributed by atoms with Crippen LogP contribution in [0.4, 0.5) is 4.79 Å². The fourth-order valence-corrected chi connectivity index (χ4v) is 2.67. The number of nitrogens with zero attached hydrogens (tertiary/aromatic N) is 2. The number of hydrogen-bond acceptors (Lipinski definition) is 3. The third-order valence-electron chi connectivity index (χ3n) is 3.59. The Hall–Kier alpha value is -2.14. The molecule has 20 heavy (non-hydrogen) atoms. The molecule has 1 atom stereocenters. The SMILES string of the molecule is CCOC1c2ccccc2C=C2C(=O)N(CC)C(=O)N21. The van der Waals surface area contributed by atoms with Crippen molar-refractivity contribution in [3.05, 3.63) is 41.1 Å². The zero-order chi connectivity index (χ0) is 14.3. The van der Waals surface area contributed by atoms with Gasteiger partial charge in [-0.25, -0.2) is 4.79 Å². The normalized spacial score (nSPS) is 20.9. The van der Waals surface area contributed by atoms with Crippen LogP contribution in [0.1, 0.15) is 31.2 Å². The van der Waals surface area contributed by atoms with Gasteiger partial charge < -0.3 is 4.74 Å². The maximum absolute atomic E-state index is 12.4. The van der Waals surface area contributed by atoms with Gasteiger partial charge in [-0.1, -0.05) is 24.3 Å². The van der Waals surface area contributed by atoms with Crippen molar-refractivity contribution in [2.75, 3.05) is 13.2 Å². The second kappa shape index (κ2) is 4.76.